The largest absolute Gasteiger partial charge is 0.454 e. The van der Waals surface area contributed by atoms with Crippen LogP contribution in [0.25, 0.3) is 0 Å². The van der Waals surface area contributed by atoms with Crippen LogP contribution < -0.4 is 26.8 Å². The molecule has 0 unspecified atom stereocenters. The molecule has 0 bridgehead atoms. The Morgan fingerprint density at radius 1 is 1.14 bits per heavy atom. The summed E-state index contributed by atoms with van der Waals surface area (Å²) in [5, 5.41) is 1.62. The van der Waals surface area contributed by atoms with E-state index in [9.17, 15) is 24.0 Å². The lowest BCUT2D eigenvalue weighted by atomic mass is 10.2. The van der Waals surface area contributed by atoms with E-state index in [0.717, 1.165) is 21.8 Å². The van der Waals surface area contributed by atoms with Gasteiger partial charge in [-0.3, -0.25) is 33.3 Å². The number of thiazole rings is 1. The average molecular weight is 502 g/mol. The molecular formula is C23H27N5O6S. The SMILES string of the molecule is Cc1csc(=O)n1CC(=O)OCC(=O)N(CC(C)C)c1c(N)n(Cc2ccccc2)c(=O)[nH]c1=O. The van der Waals surface area contributed by atoms with Gasteiger partial charge in [-0.2, -0.15) is 0 Å². The van der Waals surface area contributed by atoms with E-state index < -0.39 is 29.7 Å². The van der Waals surface area contributed by atoms with Crippen molar-refractivity contribution in [2.75, 3.05) is 23.8 Å². The van der Waals surface area contributed by atoms with Crippen molar-refractivity contribution in [3.63, 3.8) is 0 Å². The summed E-state index contributed by atoms with van der Waals surface area (Å²) in [6.07, 6.45) is 0. The lowest BCUT2D eigenvalue weighted by Gasteiger charge is -2.26. The minimum Gasteiger partial charge on any atom is -0.454 e. The van der Waals surface area contributed by atoms with Crippen molar-refractivity contribution in [3.8, 4) is 0 Å². The molecule has 3 aromatic rings. The summed E-state index contributed by atoms with van der Waals surface area (Å²) in [5.74, 6) is -1.72. The van der Waals surface area contributed by atoms with Crippen LogP contribution >= 0.6 is 11.3 Å². The quantitative estimate of drug-likeness (QED) is 0.414. The molecule has 1 aromatic carbocycles. The predicted molar refractivity (Wildman–Crippen MR) is 133 cm³/mol. The first-order valence-electron chi connectivity index (χ1n) is 10.9. The Morgan fingerprint density at radius 3 is 2.43 bits per heavy atom. The smallest absolute Gasteiger partial charge is 0.330 e. The van der Waals surface area contributed by atoms with Gasteiger partial charge in [0.2, 0.25) is 0 Å². The van der Waals surface area contributed by atoms with Crippen LogP contribution in [0.3, 0.4) is 0 Å². The van der Waals surface area contributed by atoms with Crippen LogP contribution in [0.2, 0.25) is 0 Å². The number of rotatable bonds is 9. The minimum absolute atomic E-state index is 0.0741. The van der Waals surface area contributed by atoms with Crippen LogP contribution in [-0.4, -0.2) is 39.1 Å². The van der Waals surface area contributed by atoms with Crippen LogP contribution in [0.15, 0.2) is 50.1 Å². The first-order valence-corrected chi connectivity index (χ1v) is 11.7. The third-order valence-electron chi connectivity index (χ3n) is 5.14. The molecule has 0 saturated heterocycles. The van der Waals surface area contributed by atoms with E-state index in [1.54, 1.807) is 36.6 Å². The highest BCUT2D eigenvalue weighted by Gasteiger charge is 2.26. The predicted octanol–water partition coefficient (Wildman–Crippen LogP) is 0.931. The standard InChI is InChI=1S/C23H27N5O6S/c1-14(2)9-27(17(29)12-34-18(30)11-26-15(3)13-35-23(26)33)19-20(24)28(22(32)25-21(19)31)10-16-7-5-4-6-8-16/h4-8,13-14H,9-12,24H2,1-3H3,(H,25,31,32). The Labute approximate surface area is 204 Å². The molecule has 186 valence electrons. The second-order valence-corrected chi connectivity index (χ2v) is 9.17. The lowest BCUT2D eigenvalue weighted by Crippen LogP contribution is -2.44. The molecule has 35 heavy (non-hydrogen) atoms. The number of ether oxygens (including phenoxy) is 1. The van der Waals surface area contributed by atoms with E-state index in [0.29, 0.717) is 5.69 Å². The highest BCUT2D eigenvalue weighted by Crippen LogP contribution is 2.19. The Bertz CT molecular complexity index is 1390. The Balaban J connectivity index is 1.86. The molecule has 0 fully saturated rings. The van der Waals surface area contributed by atoms with Gasteiger partial charge in [0.1, 0.15) is 12.4 Å². The van der Waals surface area contributed by atoms with E-state index in [4.69, 9.17) is 10.5 Å². The number of benzene rings is 1. The van der Waals surface area contributed by atoms with Gasteiger partial charge in [0.05, 0.1) is 6.54 Å². The third kappa shape index (κ3) is 6.15. The average Bonchev–Trinajstić information content (AvgIpc) is 3.12. The summed E-state index contributed by atoms with van der Waals surface area (Å²) in [5.41, 5.74) is 5.88. The van der Waals surface area contributed by atoms with Gasteiger partial charge in [0, 0.05) is 17.6 Å². The number of aryl methyl sites for hydroxylation is 1. The maximum Gasteiger partial charge on any atom is 0.330 e. The van der Waals surface area contributed by atoms with E-state index in [1.165, 1.54) is 9.13 Å². The molecule has 2 aromatic heterocycles. The number of carbonyl (C=O) groups excluding carboxylic acids is 2. The van der Waals surface area contributed by atoms with Crippen molar-refractivity contribution in [1.29, 1.82) is 0 Å². The van der Waals surface area contributed by atoms with Crippen molar-refractivity contribution >= 4 is 34.7 Å². The van der Waals surface area contributed by atoms with Crippen molar-refractivity contribution in [3.05, 3.63) is 77.5 Å². The number of nitrogens with two attached hydrogens (primary N) is 1. The fraction of sp³-hybridized carbons (Fsp3) is 0.348. The lowest BCUT2D eigenvalue weighted by molar-refractivity contribution is -0.148. The van der Waals surface area contributed by atoms with Gasteiger partial charge >= 0.3 is 16.5 Å². The number of nitrogen functional groups attached to an aromatic ring is 1. The van der Waals surface area contributed by atoms with E-state index >= 15 is 0 Å². The van der Waals surface area contributed by atoms with Gasteiger partial charge in [-0.05, 0) is 18.4 Å². The topological polar surface area (TPSA) is 149 Å². The monoisotopic (exact) mass is 501 g/mol. The van der Waals surface area contributed by atoms with Crippen molar-refractivity contribution in [2.45, 2.75) is 33.9 Å². The number of aromatic nitrogens is 3. The maximum absolute atomic E-state index is 13.1. The second kappa shape index (κ2) is 11.0. The van der Waals surface area contributed by atoms with Crippen molar-refractivity contribution in [1.82, 2.24) is 14.1 Å². The zero-order valence-electron chi connectivity index (χ0n) is 19.6. The van der Waals surface area contributed by atoms with Crippen LogP contribution in [-0.2, 0) is 27.4 Å². The molecule has 1 amide bonds. The summed E-state index contributed by atoms with van der Waals surface area (Å²) in [7, 11) is 0. The molecule has 0 spiro atoms. The first-order chi connectivity index (χ1) is 16.6. The Morgan fingerprint density at radius 2 is 1.83 bits per heavy atom. The summed E-state index contributed by atoms with van der Waals surface area (Å²) < 4.78 is 7.51. The summed E-state index contributed by atoms with van der Waals surface area (Å²) in [4.78, 5) is 65.4. The van der Waals surface area contributed by atoms with Gasteiger partial charge in [-0.15, -0.1) is 0 Å². The number of esters is 1. The fourth-order valence-electron chi connectivity index (χ4n) is 3.44. The number of H-pyrrole nitrogens is 1. The highest BCUT2D eigenvalue weighted by molar-refractivity contribution is 7.07. The molecule has 0 saturated carbocycles. The number of carbonyl (C=O) groups is 2. The van der Waals surface area contributed by atoms with E-state index in [-0.39, 0.29) is 41.9 Å². The Kier molecular flexibility index (Phi) is 8.07. The molecule has 3 rings (SSSR count). The normalized spacial score (nSPS) is 11.0. The molecule has 12 heteroatoms. The van der Waals surface area contributed by atoms with Gasteiger partial charge in [-0.25, -0.2) is 4.79 Å². The van der Waals surface area contributed by atoms with Crippen LogP contribution in [0.1, 0.15) is 25.1 Å². The molecular weight excluding hydrogens is 474 g/mol. The molecule has 0 aliphatic rings. The zero-order chi connectivity index (χ0) is 25.7. The molecule has 0 aliphatic carbocycles. The summed E-state index contributed by atoms with van der Waals surface area (Å²) in [6.45, 7) is 4.53. The van der Waals surface area contributed by atoms with Gasteiger partial charge in [-0.1, -0.05) is 55.5 Å². The molecule has 11 nitrogen and oxygen atoms in total. The molecule has 2 heterocycles. The second-order valence-electron chi connectivity index (χ2n) is 8.35. The highest BCUT2D eigenvalue weighted by atomic mass is 32.1. The van der Waals surface area contributed by atoms with Gasteiger partial charge in [0.15, 0.2) is 12.3 Å². The number of anilines is 2. The minimum atomic E-state index is -0.822. The molecule has 3 N–H and O–H groups in total. The molecule has 0 aliphatic heterocycles. The fourth-order valence-corrected chi connectivity index (χ4v) is 4.17. The summed E-state index contributed by atoms with van der Waals surface area (Å²) in [6, 6.07) is 9.03. The van der Waals surface area contributed by atoms with Crippen LogP contribution in [0.5, 0.6) is 0 Å². The number of aromatic amines is 1. The summed E-state index contributed by atoms with van der Waals surface area (Å²) >= 11 is 0.957. The van der Waals surface area contributed by atoms with Crippen molar-refractivity contribution < 1.29 is 14.3 Å². The number of hydrogen-bond donors (Lipinski definition) is 2. The van der Waals surface area contributed by atoms with E-state index in [1.807, 2.05) is 19.9 Å². The first kappa shape index (κ1) is 25.7. The molecule has 0 atom stereocenters. The van der Waals surface area contributed by atoms with Gasteiger partial charge in [0.25, 0.3) is 11.5 Å². The van der Waals surface area contributed by atoms with Crippen LogP contribution in [0, 0.1) is 12.8 Å². The Hall–Kier alpha value is -3.93. The van der Waals surface area contributed by atoms with Crippen LogP contribution in [0.4, 0.5) is 11.5 Å². The van der Waals surface area contributed by atoms with Crippen molar-refractivity contribution in [2.24, 2.45) is 5.92 Å². The maximum atomic E-state index is 13.1. The third-order valence-corrected chi connectivity index (χ3v) is 6.02. The van der Waals surface area contributed by atoms with Gasteiger partial charge < -0.3 is 15.4 Å². The number of hydrogen-bond acceptors (Lipinski definition) is 8. The number of nitrogens with one attached hydrogen (secondary N) is 1. The zero-order valence-corrected chi connectivity index (χ0v) is 20.5. The molecule has 0 radical (unpaired) electrons. The number of nitrogens with zero attached hydrogens (tertiary/aromatic N) is 3. The van der Waals surface area contributed by atoms with E-state index in [2.05, 4.69) is 4.98 Å². The number of amides is 1.